The van der Waals surface area contributed by atoms with Crippen molar-refractivity contribution in [3.63, 3.8) is 0 Å². The molecule has 1 aromatic carbocycles. The van der Waals surface area contributed by atoms with Crippen LogP contribution in [0.3, 0.4) is 0 Å². The van der Waals surface area contributed by atoms with Crippen molar-refractivity contribution >= 4 is 21.6 Å². The number of nitrogens with one attached hydrogen (secondary N) is 1. The molecule has 1 aromatic rings. The minimum Gasteiger partial charge on any atom is -0.338 e. The Labute approximate surface area is 141 Å². The number of amides is 1. The van der Waals surface area contributed by atoms with Gasteiger partial charge in [-0.1, -0.05) is 12.1 Å². The van der Waals surface area contributed by atoms with Gasteiger partial charge in [-0.25, -0.2) is 13.1 Å². The molecule has 24 heavy (non-hydrogen) atoms. The molecule has 1 N–H and O–H groups in total. The van der Waals surface area contributed by atoms with E-state index in [0.29, 0.717) is 18.7 Å². The van der Waals surface area contributed by atoms with Gasteiger partial charge in [0.05, 0.1) is 11.2 Å². The highest BCUT2D eigenvalue weighted by molar-refractivity contribution is 7.88. The molecule has 1 heterocycles. The van der Waals surface area contributed by atoms with Crippen LogP contribution in [0.15, 0.2) is 18.2 Å². The highest BCUT2D eigenvalue weighted by Gasteiger charge is 2.30. The van der Waals surface area contributed by atoms with Crippen LogP contribution in [0.1, 0.15) is 28.8 Å². The summed E-state index contributed by atoms with van der Waals surface area (Å²) in [7, 11) is -3.28. The molecule has 1 atom stereocenters. The van der Waals surface area contributed by atoms with E-state index in [-0.39, 0.29) is 29.6 Å². The third-order valence-electron chi connectivity index (χ3n) is 4.09. The summed E-state index contributed by atoms with van der Waals surface area (Å²) in [6.45, 7) is 2.76. The molecule has 0 aliphatic carbocycles. The predicted molar refractivity (Wildman–Crippen MR) is 89.3 cm³/mol. The number of likely N-dealkylation sites (tertiary alicyclic amines) is 1. The van der Waals surface area contributed by atoms with Crippen LogP contribution in [0.5, 0.6) is 0 Å². The quantitative estimate of drug-likeness (QED) is 0.632. The van der Waals surface area contributed by atoms with Gasteiger partial charge in [-0.2, -0.15) is 0 Å². The van der Waals surface area contributed by atoms with Crippen molar-refractivity contribution in [2.45, 2.75) is 19.8 Å². The van der Waals surface area contributed by atoms with Crippen molar-refractivity contribution in [3.05, 3.63) is 39.4 Å². The van der Waals surface area contributed by atoms with Gasteiger partial charge < -0.3 is 4.90 Å². The molecule has 1 amide bonds. The second-order valence-corrected chi connectivity index (χ2v) is 7.94. The van der Waals surface area contributed by atoms with Gasteiger partial charge in [0.15, 0.2) is 0 Å². The van der Waals surface area contributed by atoms with Gasteiger partial charge in [0.2, 0.25) is 10.0 Å². The first-order valence-electron chi connectivity index (χ1n) is 7.67. The van der Waals surface area contributed by atoms with Gasteiger partial charge >= 0.3 is 0 Å². The fourth-order valence-electron chi connectivity index (χ4n) is 2.93. The molecular formula is C15H21N3O5S. The van der Waals surface area contributed by atoms with Crippen LogP contribution >= 0.6 is 0 Å². The van der Waals surface area contributed by atoms with Gasteiger partial charge in [0.1, 0.15) is 5.56 Å². The van der Waals surface area contributed by atoms with E-state index < -0.39 is 14.9 Å². The van der Waals surface area contributed by atoms with Crippen LogP contribution < -0.4 is 4.72 Å². The van der Waals surface area contributed by atoms with E-state index in [1.54, 1.807) is 24.0 Å². The van der Waals surface area contributed by atoms with Gasteiger partial charge in [-0.3, -0.25) is 14.9 Å². The molecule has 0 aromatic heterocycles. The van der Waals surface area contributed by atoms with E-state index in [2.05, 4.69) is 4.72 Å². The Hall–Kier alpha value is -2.00. The molecular weight excluding hydrogens is 334 g/mol. The largest absolute Gasteiger partial charge is 0.338 e. The number of aryl methyl sites for hydroxylation is 1. The van der Waals surface area contributed by atoms with Crippen LogP contribution in [0.4, 0.5) is 5.69 Å². The number of benzene rings is 1. The highest BCUT2D eigenvalue weighted by Crippen LogP contribution is 2.26. The van der Waals surface area contributed by atoms with Gasteiger partial charge in [0.25, 0.3) is 11.6 Å². The Morgan fingerprint density at radius 1 is 1.46 bits per heavy atom. The molecule has 0 saturated carbocycles. The van der Waals surface area contributed by atoms with Crippen molar-refractivity contribution in [3.8, 4) is 0 Å². The summed E-state index contributed by atoms with van der Waals surface area (Å²) in [4.78, 5) is 25.0. The number of sulfonamides is 1. The summed E-state index contributed by atoms with van der Waals surface area (Å²) in [6.07, 6.45) is 2.64. The lowest BCUT2D eigenvalue weighted by Gasteiger charge is -2.32. The summed E-state index contributed by atoms with van der Waals surface area (Å²) >= 11 is 0. The molecule has 1 aliphatic heterocycles. The number of para-hydroxylation sites is 1. The zero-order chi connectivity index (χ0) is 17.9. The number of rotatable bonds is 5. The third kappa shape index (κ3) is 4.51. The number of hydrogen-bond donors (Lipinski definition) is 1. The maximum atomic E-state index is 12.7. The van der Waals surface area contributed by atoms with Crippen molar-refractivity contribution in [2.24, 2.45) is 5.92 Å². The number of hydrogen-bond acceptors (Lipinski definition) is 5. The third-order valence-corrected chi connectivity index (χ3v) is 4.78. The Kier molecular flexibility index (Phi) is 5.55. The predicted octanol–water partition coefficient (Wildman–Crippen LogP) is 1.30. The van der Waals surface area contributed by atoms with Gasteiger partial charge in [-0.05, 0) is 31.7 Å². The molecule has 0 bridgehead atoms. The molecule has 2 rings (SSSR count). The van der Waals surface area contributed by atoms with Crippen molar-refractivity contribution in [1.29, 1.82) is 0 Å². The first-order valence-corrected chi connectivity index (χ1v) is 9.56. The lowest BCUT2D eigenvalue weighted by Crippen LogP contribution is -2.43. The van der Waals surface area contributed by atoms with Crippen molar-refractivity contribution in [2.75, 3.05) is 25.9 Å². The van der Waals surface area contributed by atoms with E-state index in [0.717, 1.165) is 19.1 Å². The number of piperidine rings is 1. The maximum Gasteiger partial charge on any atom is 0.285 e. The summed E-state index contributed by atoms with van der Waals surface area (Å²) in [5.41, 5.74) is 0.355. The molecule has 9 heteroatoms. The first-order chi connectivity index (χ1) is 11.2. The molecule has 132 valence electrons. The Morgan fingerprint density at radius 2 is 2.17 bits per heavy atom. The fraction of sp³-hybridized carbons (Fsp3) is 0.533. The molecule has 1 saturated heterocycles. The number of nitrogens with zero attached hydrogens (tertiary/aromatic N) is 2. The zero-order valence-corrected chi connectivity index (χ0v) is 14.5. The van der Waals surface area contributed by atoms with Gasteiger partial charge in [-0.15, -0.1) is 0 Å². The van der Waals surface area contributed by atoms with Crippen LogP contribution in [-0.4, -0.2) is 50.0 Å². The average Bonchev–Trinajstić information content (AvgIpc) is 2.51. The first kappa shape index (κ1) is 18.3. The smallest absolute Gasteiger partial charge is 0.285 e. The number of carbonyl (C=O) groups is 1. The topological polar surface area (TPSA) is 110 Å². The van der Waals surface area contributed by atoms with Crippen LogP contribution in [0, 0.1) is 23.0 Å². The molecule has 8 nitrogen and oxygen atoms in total. The van der Waals surface area contributed by atoms with E-state index >= 15 is 0 Å². The zero-order valence-electron chi connectivity index (χ0n) is 13.7. The normalized spacial score (nSPS) is 18.4. The van der Waals surface area contributed by atoms with E-state index in [1.807, 2.05) is 0 Å². The van der Waals surface area contributed by atoms with Crippen LogP contribution in [0.25, 0.3) is 0 Å². The standard InChI is InChI=1S/C15H21N3O5S/c1-11-5-3-7-13(14(11)18(20)21)15(19)17-8-4-6-12(10-17)9-16-24(2,22)23/h3,5,7,12,16H,4,6,8-10H2,1-2H3/t12-/m1/s1. The molecule has 0 spiro atoms. The molecule has 0 radical (unpaired) electrons. The second kappa shape index (κ2) is 7.27. The Balaban J connectivity index is 2.15. The number of nitro groups is 1. The number of carbonyl (C=O) groups excluding carboxylic acids is 1. The Bertz CT molecular complexity index is 747. The SMILES string of the molecule is Cc1cccc(C(=O)N2CCC[C@H](CNS(C)(=O)=O)C2)c1[N+](=O)[O-]. The fourth-order valence-corrected chi connectivity index (χ4v) is 3.47. The van der Waals surface area contributed by atoms with Crippen LogP contribution in [-0.2, 0) is 10.0 Å². The summed E-state index contributed by atoms with van der Waals surface area (Å²) in [5.74, 6) is -0.379. The summed E-state index contributed by atoms with van der Waals surface area (Å²) < 4.78 is 24.9. The van der Waals surface area contributed by atoms with Gasteiger partial charge in [0, 0.05) is 25.2 Å². The minimum absolute atomic E-state index is 0.00119. The molecule has 1 fully saturated rings. The van der Waals surface area contributed by atoms with E-state index in [1.165, 1.54) is 6.07 Å². The second-order valence-electron chi connectivity index (χ2n) is 6.11. The average molecular weight is 355 g/mol. The highest BCUT2D eigenvalue weighted by atomic mass is 32.2. The van der Waals surface area contributed by atoms with E-state index in [4.69, 9.17) is 0 Å². The van der Waals surface area contributed by atoms with Crippen LogP contribution in [0.2, 0.25) is 0 Å². The molecule has 1 aliphatic rings. The summed E-state index contributed by atoms with van der Waals surface area (Å²) in [6, 6.07) is 4.69. The van der Waals surface area contributed by atoms with Crippen molar-refractivity contribution in [1.82, 2.24) is 9.62 Å². The van der Waals surface area contributed by atoms with Crippen molar-refractivity contribution < 1.29 is 18.1 Å². The van der Waals surface area contributed by atoms with E-state index in [9.17, 15) is 23.3 Å². The lowest BCUT2D eigenvalue weighted by molar-refractivity contribution is -0.385. The lowest BCUT2D eigenvalue weighted by atomic mass is 9.97. The minimum atomic E-state index is -3.28. The molecule has 0 unspecified atom stereocenters. The monoisotopic (exact) mass is 355 g/mol. The Morgan fingerprint density at radius 3 is 2.79 bits per heavy atom. The number of nitro benzene ring substituents is 1. The maximum absolute atomic E-state index is 12.7. The summed E-state index contributed by atoms with van der Waals surface area (Å²) in [5, 5.41) is 11.3.